The topological polar surface area (TPSA) is 23.8 Å². The molecule has 0 atom stereocenters. The van der Waals surface area contributed by atoms with Gasteiger partial charge in [-0.25, -0.2) is 0 Å². The molecule has 0 spiro atoms. The number of hydrogen-bond acceptors (Lipinski definition) is 1. The van der Waals surface area contributed by atoms with Gasteiger partial charge in [-0.15, -0.1) is 0 Å². The molecule has 0 radical (unpaired) electrons. The summed E-state index contributed by atoms with van der Waals surface area (Å²) in [6.45, 7) is 1.94. The van der Waals surface area contributed by atoms with E-state index in [1.807, 2.05) is 19.1 Å². The van der Waals surface area contributed by atoms with Gasteiger partial charge in [-0.3, -0.25) is 0 Å². The van der Waals surface area contributed by atoms with Gasteiger partial charge in [-0.1, -0.05) is 17.7 Å². The smallest absolute Gasteiger partial charge is 0.0670 e. The van der Waals surface area contributed by atoms with Crippen molar-refractivity contribution in [2.45, 2.75) is 13.3 Å². The van der Waals surface area contributed by atoms with Crippen LogP contribution in [0.1, 0.15) is 11.1 Å². The Labute approximate surface area is 90.5 Å². The average Bonchev–Trinajstić information content (AvgIpc) is 2.06. The van der Waals surface area contributed by atoms with Crippen LogP contribution in [-0.2, 0) is 6.42 Å². The minimum absolute atomic E-state index is 0.388. The molecule has 0 aliphatic heterocycles. The molecule has 0 saturated carbocycles. The molecule has 1 nitrogen and oxygen atoms in total. The summed E-state index contributed by atoms with van der Waals surface area (Å²) in [5.74, 6) is 0. The predicted octanol–water partition coefficient (Wildman–Crippen LogP) is 3.32. The Hall–Kier alpha value is -0.270. The van der Waals surface area contributed by atoms with Crippen LogP contribution in [0.3, 0.4) is 0 Å². The quantitative estimate of drug-likeness (QED) is 0.728. The van der Waals surface area contributed by atoms with Crippen molar-refractivity contribution < 1.29 is 0 Å². The zero-order valence-electron chi connectivity index (χ0n) is 6.56. The third-order valence-corrected chi connectivity index (χ3v) is 3.17. The zero-order valence-corrected chi connectivity index (χ0v) is 9.48. The van der Waals surface area contributed by atoms with Gasteiger partial charge in [0.05, 0.1) is 12.5 Å². The Kier molecular flexibility index (Phi) is 3.36. The van der Waals surface area contributed by atoms with E-state index in [2.05, 4.69) is 28.7 Å². The van der Waals surface area contributed by atoms with Crippen LogP contribution in [0.5, 0.6) is 0 Å². The monoisotopic (exact) mass is 291 g/mol. The van der Waals surface area contributed by atoms with Gasteiger partial charge in [-0.05, 0) is 46.7 Å². The molecule has 0 aromatic heterocycles. The van der Waals surface area contributed by atoms with Gasteiger partial charge in [0.2, 0.25) is 0 Å². The van der Waals surface area contributed by atoms with Gasteiger partial charge >= 0.3 is 0 Å². The highest BCUT2D eigenvalue weighted by molar-refractivity contribution is 14.1. The van der Waals surface area contributed by atoms with Crippen molar-refractivity contribution >= 4 is 34.2 Å². The van der Waals surface area contributed by atoms with Crippen LogP contribution < -0.4 is 0 Å². The fraction of sp³-hybridized carbons (Fsp3) is 0.222. The first-order valence-corrected chi connectivity index (χ1v) is 4.93. The second-order valence-corrected chi connectivity index (χ2v) is 4.03. The van der Waals surface area contributed by atoms with Crippen LogP contribution in [0.2, 0.25) is 5.02 Å². The first-order valence-electron chi connectivity index (χ1n) is 3.47. The van der Waals surface area contributed by atoms with E-state index in [0.29, 0.717) is 6.42 Å². The highest BCUT2D eigenvalue weighted by Crippen LogP contribution is 2.25. The fourth-order valence-corrected chi connectivity index (χ4v) is 1.99. The van der Waals surface area contributed by atoms with Crippen molar-refractivity contribution in [1.29, 1.82) is 5.26 Å². The van der Waals surface area contributed by atoms with E-state index in [9.17, 15) is 0 Å². The van der Waals surface area contributed by atoms with Gasteiger partial charge in [0, 0.05) is 8.59 Å². The van der Waals surface area contributed by atoms with Gasteiger partial charge < -0.3 is 0 Å². The third kappa shape index (κ3) is 1.90. The second-order valence-electron chi connectivity index (χ2n) is 2.49. The van der Waals surface area contributed by atoms with Crippen LogP contribution >= 0.6 is 34.2 Å². The van der Waals surface area contributed by atoms with Crippen LogP contribution in [0.25, 0.3) is 0 Å². The van der Waals surface area contributed by atoms with Gasteiger partial charge in [0.1, 0.15) is 0 Å². The van der Waals surface area contributed by atoms with Crippen molar-refractivity contribution in [3.8, 4) is 6.07 Å². The molecule has 1 aromatic carbocycles. The summed E-state index contributed by atoms with van der Waals surface area (Å²) >= 11 is 8.21. The largest absolute Gasteiger partial charge is 0.198 e. The summed E-state index contributed by atoms with van der Waals surface area (Å²) in [6.07, 6.45) is 0.388. The van der Waals surface area contributed by atoms with Crippen molar-refractivity contribution in [2.75, 3.05) is 0 Å². The number of benzene rings is 1. The Morgan fingerprint density at radius 3 is 2.83 bits per heavy atom. The van der Waals surface area contributed by atoms with Crippen LogP contribution in [-0.4, -0.2) is 0 Å². The normalized spacial score (nSPS) is 9.50. The molecule has 0 N–H and O–H groups in total. The van der Waals surface area contributed by atoms with E-state index in [1.165, 1.54) is 0 Å². The molecule has 1 aromatic rings. The van der Waals surface area contributed by atoms with E-state index in [4.69, 9.17) is 16.9 Å². The van der Waals surface area contributed by atoms with E-state index in [0.717, 1.165) is 19.7 Å². The summed E-state index contributed by atoms with van der Waals surface area (Å²) in [5, 5.41) is 9.27. The van der Waals surface area contributed by atoms with Gasteiger partial charge in [0.15, 0.2) is 0 Å². The number of halogens is 2. The van der Waals surface area contributed by atoms with Crippen molar-refractivity contribution in [3.05, 3.63) is 31.9 Å². The number of aryl methyl sites for hydroxylation is 1. The molecule has 3 heteroatoms. The third-order valence-electron chi connectivity index (χ3n) is 1.63. The fourth-order valence-electron chi connectivity index (χ4n) is 0.956. The van der Waals surface area contributed by atoms with Gasteiger partial charge in [-0.2, -0.15) is 5.26 Å². The molecule has 0 fully saturated rings. The number of nitriles is 1. The maximum atomic E-state index is 8.55. The minimum atomic E-state index is 0.388. The van der Waals surface area contributed by atoms with E-state index >= 15 is 0 Å². The molecular formula is C9H7ClIN. The molecule has 0 aliphatic rings. The molecule has 0 unspecified atom stereocenters. The molecule has 12 heavy (non-hydrogen) atoms. The Balaban J connectivity index is 3.25. The molecule has 0 saturated heterocycles. The highest BCUT2D eigenvalue weighted by Gasteiger charge is 2.06. The Morgan fingerprint density at radius 1 is 1.58 bits per heavy atom. The molecule has 0 aliphatic carbocycles. The lowest BCUT2D eigenvalue weighted by molar-refractivity contribution is 1.22. The SMILES string of the molecule is Cc1ccc(I)c(CC#N)c1Cl. The maximum Gasteiger partial charge on any atom is 0.0670 e. The lowest BCUT2D eigenvalue weighted by atomic mass is 10.1. The molecule has 62 valence electrons. The molecule has 0 amide bonds. The van der Waals surface area contributed by atoms with E-state index in [-0.39, 0.29) is 0 Å². The summed E-state index contributed by atoms with van der Waals surface area (Å²) in [4.78, 5) is 0. The van der Waals surface area contributed by atoms with Crippen LogP contribution in [0.15, 0.2) is 12.1 Å². The molecular weight excluding hydrogens is 284 g/mol. The summed E-state index contributed by atoms with van der Waals surface area (Å²) in [6, 6.07) is 6.05. The average molecular weight is 292 g/mol. The number of rotatable bonds is 1. The standard InChI is InChI=1S/C9H7ClIN/c1-6-2-3-8(11)7(4-5-12)9(6)10/h2-3H,4H2,1H3. The first kappa shape index (κ1) is 9.82. The summed E-state index contributed by atoms with van der Waals surface area (Å²) < 4.78 is 1.06. The predicted molar refractivity (Wildman–Crippen MR) is 58.2 cm³/mol. The number of hydrogen-bond donors (Lipinski definition) is 0. The Morgan fingerprint density at radius 2 is 2.25 bits per heavy atom. The first-order chi connectivity index (χ1) is 5.66. The lowest BCUT2D eigenvalue weighted by Crippen LogP contribution is -1.90. The second kappa shape index (κ2) is 4.11. The summed E-state index contributed by atoms with van der Waals surface area (Å²) in [7, 11) is 0. The zero-order chi connectivity index (χ0) is 9.14. The molecule has 1 rings (SSSR count). The van der Waals surface area contributed by atoms with Crippen molar-refractivity contribution in [2.24, 2.45) is 0 Å². The van der Waals surface area contributed by atoms with Gasteiger partial charge in [0.25, 0.3) is 0 Å². The maximum absolute atomic E-state index is 8.55. The molecule has 0 heterocycles. The van der Waals surface area contributed by atoms with Crippen molar-refractivity contribution in [1.82, 2.24) is 0 Å². The van der Waals surface area contributed by atoms with E-state index in [1.54, 1.807) is 0 Å². The van der Waals surface area contributed by atoms with E-state index < -0.39 is 0 Å². The van der Waals surface area contributed by atoms with Crippen LogP contribution in [0, 0.1) is 21.8 Å². The number of nitrogens with zero attached hydrogens (tertiary/aromatic N) is 1. The summed E-state index contributed by atoms with van der Waals surface area (Å²) in [5.41, 5.74) is 1.97. The Bertz CT molecular complexity index is 341. The molecule has 0 bridgehead atoms. The van der Waals surface area contributed by atoms with Crippen molar-refractivity contribution in [3.63, 3.8) is 0 Å². The lowest BCUT2D eigenvalue weighted by Gasteiger charge is -2.05. The minimum Gasteiger partial charge on any atom is -0.198 e. The van der Waals surface area contributed by atoms with Crippen LogP contribution in [0.4, 0.5) is 0 Å². The highest BCUT2D eigenvalue weighted by atomic mass is 127.